The number of halogens is 3. The summed E-state index contributed by atoms with van der Waals surface area (Å²) in [5.41, 5.74) is 0.250. The maximum Gasteiger partial charge on any atom is 0.420 e. The molecule has 0 saturated carbocycles. The topological polar surface area (TPSA) is 38.3 Å². The van der Waals surface area contributed by atoms with Gasteiger partial charge in [0.25, 0.3) is 0 Å². The molecule has 22 heavy (non-hydrogen) atoms. The van der Waals surface area contributed by atoms with Gasteiger partial charge in [-0.2, -0.15) is 13.2 Å². The standard InChI is InChI=1S/C16H14F3NO2/c17-16(18,19)13-11-4-7-21-14(11)12(8-9-2-1-5-20-9)10-3-6-22-15(10)13/h3-4,6-7,9,20H,1-2,5,8H2. The summed E-state index contributed by atoms with van der Waals surface area (Å²) in [4.78, 5) is 0. The summed E-state index contributed by atoms with van der Waals surface area (Å²) in [5.74, 6) is 0. The Labute approximate surface area is 124 Å². The van der Waals surface area contributed by atoms with Crippen LogP contribution in [0.5, 0.6) is 0 Å². The Hall–Kier alpha value is -1.95. The fourth-order valence-corrected chi connectivity index (χ4v) is 3.39. The number of furan rings is 2. The van der Waals surface area contributed by atoms with Crippen molar-refractivity contribution < 1.29 is 22.0 Å². The lowest BCUT2D eigenvalue weighted by molar-refractivity contribution is -0.135. The summed E-state index contributed by atoms with van der Waals surface area (Å²) in [6, 6.07) is 3.23. The zero-order chi connectivity index (χ0) is 15.3. The van der Waals surface area contributed by atoms with Gasteiger partial charge in [-0.1, -0.05) is 0 Å². The van der Waals surface area contributed by atoms with Gasteiger partial charge in [0.1, 0.15) is 16.7 Å². The number of fused-ring (bicyclic) bond motifs is 2. The molecule has 1 aliphatic rings. The molecule has 1 atom stereocenters. The van der Waals surface area contributed by atoms with Crippen LogP contribution < -0.4 is 5.32 Å². The van der Waals surface area contributed by atoms with Crippen LogP contribution in [0.4, 0.5) is 13.2 Å². The molecule has 0 bridgehead atoms. The number of hydrogen-bond donors (Lipinski definition) is 1. The molecule has 4 rings (SSSR count). The van der Waals surface area contributed by atoms with Crippen LogP contribution in [0.25, 0.3) is 21.9 Å². The predicted molar refractivity (Wildman–Crippen MR) is 75.7 cm³/mol. The summed E-state index contributed by atoms with van der Waals surface area (Å²) in [6.07, 6.45) is 0.874. The average Bonchev–Trinajstić information content (AvgIpc) is 3.17. The molecule has 1 saturated heterocycles. The molecule has 0 amide bonds. The van der Waals surface area contributed by atoms with Gasteiger partial charge in [0, 0.05) is 22.4 Å². The minimum atomic E-state index is -4.48. The van der Waals surface area contributed by atoms with Gasteiger partial charge in [-0.05, 0) is 37.9 Å². The SMILES string of the molecule is FC(F)(F)c1c2ccoc2c(CC2CCCN2)c2ccoc12. The Morgan fingerprint density at radius 3 is 2.50 bits per heavy atom. The quantitative estimate of drug-likeness (QED) is 0.758. The van der Waals surface area contributed by atoms with Crippen molar-refractivity contribution in [3.63, 3.8) is 0 Å². The number of nitrogens with one attached hydrogen (secondary N) is 1. The lowest BCUT2D eigenvalue weighted by atomic mass is 9.96. The van der Waals surface area contributed by atoms with Gasteiger partial charge in [-0.25, -0.2) is 0 Å². The van der Waals surface area contributed by atoms with E-state index < -0.39 is 11.7 Å². The van der Waals surface area contributed by atoms with Crippen LogP contribution in [-0.2, 0) is 12.6 Å². The molecule has 6 heteroatoms. The molecule has 2 aromatic heterocycles. The van der Waals surface area contributed by atoms with Crippen LogP contribution in [0.15, 0.2) is 33.5 Å². The van der Waals surface area contributed by atoms with E-state index in [0.717, 1.165) is 24.9 Å². The monoisotopic (exact) mass is 309 g/mol. The number of alkyl halides is 3. The fraction of sp³-hybridized carbons (Fsp3) is 0.375. The lowest BCUT2D eigenvalue weighted by Gasteiger charge is -2.14. The molecule has 1 aliphatic heterocycles. The highest BCUT2D eigenvalue weighted by molar-refractivity contribution is 6.01. The first-order valence-corrected chi connectivity index (χ1v) is 7.25. The van der Waals surface area contributed by atoms with Crippen molar-refractivity contribution in [2.45, 2.75) is 31.5 Å². The van der Waals surface area contributed by atoms with Crippen molar-refractivity contribution in [3.05, 3.63) is 35.8 Å². The van der Waals surface area contributed by atoms with E-state index in [-0.39, 0.29) is 17.0 Å². The summed E-state index contributed by atoms with van der Waals surface area (Å²) in [5, 5.41) is 3.93. The molecule has 1 fully saturated rings. The third-order valence-electron chi connectivity index (χ3n) is 4.32. The maximum atomic E-state index is 13.4. The Kier molecular flexibility index (Phi) is 2.97. The predicted octanol–water partition coefficient (Wildman–Crippen LogP) is 4.49. The van der Waals surface area contributed by atoms with Crippen LogP contribution in [-0.4, -0.2) is 12.6 Å². The zero-order valence-corrected chi connectivity index (χ0v) is 11.7. The van der Waals surface area contributed by atoms with Crippen molar-refractivity contribution in [2.24, 2.45) is 0 Å². The van der Waals surface area contributed by atoms with Crippen molar-refractivity contribution in [1.82, 2.24) is 5.32 Å². The van der Waals surface area contributed by atoms with E-state index in [2.05, 4.69) is 5.32 Å². The first-order chi connectivity index (χ1) is 10.6. The Morgan fingerprint density at radius 2 is 1.82 bits per heavy atom. The summed E-state index contributed by atoms with van der Waals surface area (Å²) in [7, 11) is 0. The van der Waals surface area contributed by atoms with Crippen LogP contribution >= 0.6 is 0 Å². The van der Waals surface area contributed by atoms with Crippen molar-refractivity contribution >= 4 is 21.9 Å². The van der Waals surface area contributed by atoms with Crippen molar-refractivity contribution in [3.8, 4) is 0 Å². The minimum Gasteiger partial charge on any atom is -0.464 e. The van der Waals surface area contributed by atoms with Crippen LogP contribution in [0, 0.1) is 0 Å². The van der Waals surface area contributed by atoms with E-state index in [1.807, 2.05) is 0 Å². The Bertz CT molecular complexity index is 773. The molecule has 3 nitrogen and oxygen atoms in total. The molecular weight excluding hydrogens is 295 g/mol. The summed E-state index contributed by atoms with van der Waals surface area (Å²) >= 11 is 0. The Balaban J connectivity index is 1.99. The molecule has 116 valence electrons. The largest absolute Gasteiger partial charge is 0.464 e. The van der Waals surface area contributed by atoms with Crippen LogP contribution in [0.2, 0.25) is 0 Å². The second kappa shape index (κ2) is 4.78. The van der Waals surface area contributed by atoms with Gasteiger partial charge >= 0.3 is 6.18 Å². The van der Waals surface area contributed by atoms with Gasteiger partial charge in [0.05, 0.1) is 12.5 Å². The second-order valence-electron chi connectivity index (χ2n) is 5.68. The molecule has 1 aromatic carbocycles. The van der Waals surface area contributed by atoms with Gasteiger partial charge < -0.3 is 14.2 Å². The molecule has 0 aliphatic carbocycles. The highest BCUT2D eigenvalue weighted by atomic mass is 19.4. The lowest BCUT2D eigenvalue weighted by Crippen LogP contribution is -2.23. The first-order valence-electron chi connectivity index (χ1n) is 7.25. The highest BCUT2D eigenvalue weighted by Crippen LogP contribution is 2.43. The summed E-state index contributed by atoms with van der Waals surface area (Å²) in [6.45, 7) is 0.946. The second-order valence-corrected chi connectivity index (χ2v) is 5.68. The smallest absolute Gasteiger partial charge is 0.420 e. The molecule has 3 heterocycles. The third kappa shape index (κ3) is 2.01. The average molecular weight is 309 g/mol. The number of rotatable bonds is 2. The van der Waals surface area contributed by atoms with Crippen LogP contribution in [0.1, 0.15) is 24.0 Å². The fourth-order valence-electron chi connectivity index (χ4n) is 3.39. The van der Waals surface area contributed by atoms with E-state index in [1.54, 1.807) is 6.07 Å². The van der Waals surface area contributed by atoms with E-state index in [0.29, 0.717) is 17.4 Å². The minimum absolute atomic E-state index is 0.0722. The Morgan fingerprint density at radius 1 is 1.09 bits per heavy atom. The summed E-state index contributed by atoms with van der Waals surface area (Å²) < 4.78 is 50.9. The van der Waals surface area contributed by atoms with E-state index >= 15 is 0 Å². The van der Waals surface area contributed by atoms with E-state index in [4.69, 9.17) is 8.83 Å². The van der Waals surface area contributed by atoms with Gasteiger partial charge in [0.15, 0.2) is 0 Å². The van der Waals surface area contributed by atoms with E-state index in [9.17, 15) is 13.2 Å². The molecule has 1 N–H and O–H groups in total. The van der Waals surface area contributed by atoms with Crippen LogP contribution in [0.3, 0.4) is 0 Å². The van der Waals surface area contributed by atoms with E-state index in [1.165, 1.54) is 18.6 Å². The molecular formula is C16H14F3NO2. The van der Waals surface area contributed by atoms with Crippen molar-refractivity contribution in [1.29, 1.82) is 0 Å². The third-order valence-corrected chi connectivity index (χ3v) is 4.32. The number of benzene rings is 1. The van der Waals surface area contributed by atoms with Gasteiger partial charge in [-0.15, -0.1) is 0 Å². The zero-order valence-electron chi connectivity index (χ0n) is 11.7. The van der Waals surface area contributed by atoms with Gasteiger partial charge in [-0.3, -0.25) is 0 Å². The molecule has 1 unspecified atom stereocenters. The maximum absolute atomic E-state index is 13.4. The normalized spacial score (nSPS) is 19.5. The molecule has 3 aromatic rings. The molecule has 0 spiro atoms. The first kappa shape index (κ1) is 13.7. The molecule has 0 radical (unpaired) electrons. The van der Waals surface area contributed by atoms with Crippen molar-refractivity contribution in [2.75, 3.05) is 6.54 Å². The number of hydrogen-bond acceptors (Lipinski definition) is 3. The highest BCUT2D eigenvalue weighted by Gasteiger charge is 2.38. The van der Waals surface area contributed by atoms with Gasteiger partial charge in [0.2, 0.25) is 0 Å².